The van der Waals surface area contributed by atoms with Gasteiger partial charge in [0.1, 0.15) is 17.0 Å². The molecule has 4 aromatic rings. The zero-order valence-electron chi connectivity index (χ0n) is 16.5. The van der Waals surface area contributed by atoms with Gasteiger partial charge in [0.2, 0.25) is 10.0 Å². The molecule has 6 nitrogen and oxygen atoms in total. The third-order valence-electron chi connectivity index (χ3n) is 5.42. The summed E-state index contributed by atoms with van der Waals surface area (Å²) in [6.07, 6.45) is 1.58. The van der Waals surface area contributed by atoms with Crippen LogP contribution in [0.3, 0.4) is 0 Å². The Kier molecular flexibility index (Phi) is 5.39. The van der Waals surface area contributed by atoms with E-state index in [2.05, 4.69) is 20.2 Å². The first-order valence-corrected chi connectivity index (χ1v) is 12.5. The molecule has 1 aliphatic heterocycles. The number of anilines is 1. The van der Waals surface area contributed by atoms with E-state index in [4.69, 9.17) is 11.6 Å². The first-order chi connectivity index (χ1) is 15.0. The molecule has 2 aromatic carbocycles. The lowest BCUT2D eigenvalue weighted by Crippen LogP contribution is -2.49. The Hall–Kier alpha value is -2.52. The number of hydrogen-bond acceptors (Lipinski definition) is 6. The molecule has 2 aromatic heterocycles. The monoisotopic (exact) mass is 470 g/mol. The van der Waals surface area contributed by atoms with Gasteiger partial charge in [0.25, 0.3) is 0 Å². The molecule has 3 heterocycles. The second kappa shape index (κ2) is 8.20. The number of nitrogens with zero attached hydrogens (tertiary/aromatic N) is 4. The quantitative estimate of drug-likeness (QED) is 0.438. The van der Waals surface area contributed by atoms with E-state index in [-0.39, 0.29) is 0 Å². The Bertz CT molecular complexity index is 1320. The summed E-state index contributed by atoms with van der Waals surface area (Å²) in [4.78, 5) is 12.4. The summed E-state index contributed by atoms with van der Waals surface area (Å²) in [5, 5.41) is 3.77. The predicted octanol–water partition coefficient (Wildman–Crippen LogP) is 4.52. The third-order valence-corrected chi connectivity index (χ3v) is 8.48. The van der Waals surface area contributed by atoms with Crippen LogP contribution in [0.5, 0.6) is 0 Å². The zero-order chi connectivity index (χ0) is 21.4. The van der Waals surface area contributed by atoms with Crippen molar-refractivity contribution in [3.8, 4) is 11.1 Å². The first kappa shape index (κ1) is 20.4. The molecule has 0 saturated carbocycles. The summed E-state index contributed by atoms with van der Waals surface area (Å²) in [7, 11) is -3.49. The Balaban J connectivity index is 1.44. The van der Waals surface area contributed by atoms with Crippen LogP contribution in [-0.2, 0) is 10.0 Å². The Morgan fingerprint density at radius 1 is 0.903 bits per heavy atom. The van der Waals surface area contributed by atoms with Crippen LogP contribution in [0.1, 0.15) is 0 Å². The highest BCUT2D eigenvalue weighted by molar-refractivity contribution is 7.89. The van der Waals surface area contributed by atoms with Crippen molar-refractivity contribution >= 4 is 49.0 Å². The van der Waals surface area contributed by atoms with Crippen molar-refractivity contribution < 1.29 is 8.42 Å². The minimum absolute atomic E-state index is 0.329. The molecule has 0 bridgehead atoms. The van der Waals surface area contributed by atoms with Gasteiger partial charge < -0.3 is 4.90 Å². The number of benzene rings is 2. The number of halogens is 1. The number of fused-ring (bicyclic) bond motifs is 1. The van der Waals surface area contributed by atoms with Gasteiger partial charge in [-0.1, -0.05) is 41.9 Å². The van der Waals surface area contributed by atoms with E-state index in [9.17, 15) is 8.42 Å². The van der Waals surface area contributed by atoms with Crippen LogP contribution in [0.15, 0.2) is 71.2 Å². The molecule has 5 rings (SSSR count). The van der Waals surface area contributed by atoms with Crippen molar-refractivity contribution in [2.45, 2.75) is 4.90 Å². The van der Waals surface area contributed by atoms with E-state index >= 15 is 0 Å². The first-order valence-electron chi connectivity index (χ1n) is 9.82. The summed E-state index contributed by atoms with van der Waals surface area (Å²) in [6, 6.07) is 16.3. The highest BCUT2D eigenvalue weighted by Crippen LogP contribution is 2.38. The molecule has 1 fully saturated rings. The number of hydrogen-bond donors (Lipinski definition) is 0. The van der Waals surface area contributed by atoms with E-state index in [1.807, 2.05) is 30.3 Å². The molecule has 0 unspecified atom stereocenters. The largest absolute Gasteiger partial charge is 0.353 e. The van der Waals surface area contributed by atoms with E-state index in [0.717, 1.165) is 27.2 Å². The number of rotatable bonds is 4. The van der Waals surface area contributed by atoms with Crippen LogP contribution in [0, 0.1) is 0 Å². The van der Waals surface area contributed by atoms with Crippen LogP contribution >= 0.6 is 22.9 Å². The molecule has 1 aliphatic rings. The van der Waals surface area contributed by atoms with Crippen LogP contribution < -0.4 is 4.90 Å². The van der Waals surface area contributed by atoms with Crippen molar-refractivity contribution in [3.63, 3.8) is 0 Å². The molecular weight excluding hydrogens is 452 g/mol. The summed E-state index contributed by atoms with van der Waals surface area (Å²) in [5.74, 6) is 0.841. The number of piperazine rings is 1. The van der Waals surface area contributed by atoms with Gasteiger partial charge in [0.05, 0.1) is 10.3 Å². The van der Waals surface area contributed by atoms with Crippen LogP contribution in [-0.4, -0.2) is 48.9 Å². The number of aromatic nitrogens is 2. The Morgan fingerprint density at radius 2 is 1.61 bits per heavy atom. The minimum Gasteiger partial charge on any atom is -0.353 e. The second-order valence-corrected chi connectivity index (χ2v) is 10.5. The van der Waals surface area contributed by atoms with Crippen LogP contribution in [0.4, 0.5) is 5.82 Å². The van der Waals surface area contributed by atoms with Crippen molar-refractivity contribution in [3.05, 3.63) is 71.3 Å². The second-order valence-electron chi connectivity index (χ2n) is 7.24. The standard InChI is InChI=1S/C22H19ClN4O2S2/c23-17-8-6-16(7-9-17)19-14-30-22-20(19)21(24-15-25-22)26-10-12-27(13-11-26)31(28,29)18-4-2-1-3-5-18/h1-9,14-15H,10-13H2. The van der Waals surface area contributed by atoms with E-state index in [0.29, 0.717) is 36.1 Å². The highest BCUT2D eigenvalue weighted by atomic mass is 35.5. The molecule has 1 saturated heterocycles. The lowest BCUT2D eigenvalue weighted by atomic mass is 10.1. The Labute approximate surface area is 189 Å². The third kappa shape index (κ3) is 3.80. The molecule has 0 N–H and O–H groups in total. The van der Waals surface area contributed by atoms with E-state index < -0.39 is 10.0 Å². The molecule has 0 atom stereocenters. The lowest BCUT2D eigenvalue weighted by molar-refractivity contribution is 0.384. The van der Waals surface area contributed by atoms with Crippen molar-refractivity contribution in [2.75, 3.05) is 31.1 Å². The summed E-state index contributed by atoms with van der Waals surface area (Å²) < 4.78 is 27.4. The van der Waals surface area contributed by atoms with Crippen LogP contribution in [0.2, 0.25) is 5.02 Å². The van der Waals surface area contributed by atoms with Crippen molar-refractivity contribution in [1.29, 1.82) is 0 Å². The van der Waals surface area contributed by atoms with Crippen molar-refractivity contribution in [1.82, 2.24) is 14.3 Å². The Morgan fingerprint density at radius 3 is 2.32 bits per heavy atom. The van der Waals surface area contributed by atoms with Gasteiger partial charge in [0, 0.05) is 42.1 Å². The summed E-state index contributed by atoms with van der Waals surface area (Å²) in [6.45, 7) is 1.94. The van der Waals surface area contributed by atoms with Gasteiger partial charge in [0.15, 0.2) is 0 Å². The molecule has 0 radical (unpaired) electrons. The maximum absolute atomic E-state index is 12.9. The number of thiophene rings is 1. The highest BCUT2D eigenvalue weighted by Gasteiger charge is 2.30. The fourth-order valence-corrected chi connectivity index (χ4v) is 6.30. The van der Waals surface area contributed by atoms with Gasteiger partial charge in [-0.3, -0.25) is 0 Å². The van der Waals surface area contributed by atoms with Crippen molar-refractivity contribution in [2.24, 2.45) is 0 Å². The molecule has 0 amide bonds. The summed E-state index contributed by atoms with van der Waals surface area (Å²) >= 11 is 7.63. The van der Waals surface area contributed by atoms with E-state index in [1.165, 1.54) is 0 Å². The SMILES string of the molecule is O=S(=O)(c1ccccc1)N1CCN(c2ncnc3scc(-c4ccc(Cl)cc4)c23)CC1. The molecule has 9 heteroatoms. The molecular formula is C22H19ClN4O2S2. The molecule has 0 aliphatic carbocycles. The maximum atomic E-state index is 12.9. The fourth-order valence-electron chi connectivity index (χ4n) is 3.82. The maximum Gasteiger partial charge on any atom is 0.243 e. The van der Waals surface area contributed by atoms with Gasteiger partial charge in [-0.25, -0.2) is 18.4 Å². The summed E-state index contributed by atoms with van der Waals surface area (Å²) in [5.41, 5.74) is 2.11. The molecule has 0 spiro atoms. The van der Waals surface area contributed by atoms with Crippen LogP contribution in [0.25, 0.3) is 21.3 Å². The van der Waals surface area contributed by atoms with Gasteiger partial charge in [-0.05, 0) is 29.8 Å². The molecule has 31 heavy (non-hydrogen) atoms. The lowest BCUT2D eigenvalue weighted by Gasteiger charge is -2.35. The fraction of sp³-hybridized carbons (Fsp3) is 0.182. The average molecular weight is 471 g/mol. The van der Waals surface area contributed by atoms with Gasteiger partial charge in [-0.2, -0.15) is 4.31 Å². The van der Waals surface area contributed by atoms with Gasteiger partial charge in [-0.15, -0.1) is 11.3 Å². The number of sulfonamides is 1. The zero-order valence-corrected chi connectivity index (χ0v) is 18.9. The minimum atomic E-state index is -3.49. The molecule has 158 valence electrons. The smallest absolute Gasteiger partial charge is 0.243 e. The van der Waals surface area contributed by atoms with E-state index in [1.54, 1.807) is 46.2 Å². The normalized spacial score (nSPS) is 15.5. The average Bonchev–Trinajstić information content (AvgIpc) is 3.25. The van der Waals surface area contributed by atoms with Gasteiger partial charge >= 0.3 is 0 Å². The predicted molar refractivity (Wildman–Crippen MR) is 125 cm³/mol. The topological polar surface area (TPSA) is 66.4 Å².